The summed E-state index contributed by atoms with van der Waals surface area (Å²) >= 11 is 0. The van der Waals surface area contributed by atoms with Crippen LogP contribution in [-0.4, -0.2) is 163 Å². The van der Waals surface area contributed by atoms with E-state index in [4.69, 9.17) is 24.1 Å². The Bertz CT molecular complexity index is 1840. The van der Waals surface area contributed by atoms with Crippen LogP contribution in [0.25, 0.3) is 0 Å². The van der Waals surface area contributed by atoms with Gasteiger partial charge in [0, 0.05) is 70.6 Å². The van der Waals surface area contributed by atoms with Gasteiger partial charge in [0.1, 0.15) is 31.1 Å². The number of aliphatic carboxylic acids is 4. The molecule has 0 rings (SSSR count). The average molecular weight is 1160 g/mol. The maximum atomic E-state index is 12.5. The smallest absolute Gasteiger partial charge is 0.326 e. The Kier molecular flexibility index (Phi) is 47.0. The van der Waals surface area contributed by atoms with Crippen LogP contribution in [0.2, 0.25) is 0 Å². The molecule has 0 aliphatic carbocycles. The van der Waals surface area contributed by atoms with E-state index in [2.05, 4.69) is 26.4 Å². The Labute approximate surface area is 471 Å². The highest BCUT2D eigenvalue weighted by Crippen LogP contribution is 2.16. The molecule has 0 saturated carbocycles. The second-order valence-corrected chi connectivity index (χ2v) is 20.2. The molecule has 0 spiro atoms. The van der Waals surface area contributed by atoms with Crippen LogP contribution >= 0.6 is 8.61 Å². The Morgan fingerprint density at radius 2 is 0.900 bits per heavy atom. The third-order valence-electron chi connectivity index (χ3n) is 12.8. The highest BCUT2D eigenvalue weighted by Gasteiger charge is 2.26. The highest BCUT2D eigenvalue weighted by molar-refractivity contribution is 7.22. The molecule has 0 aromatic rings. The molecule has 80 heavy (non-hydrogen) atoms. The molecule has 0 unspecified atom stereocenters. The fraction of sp³-hybridized carbons (Fsp3) is 0.796. The van der Waals surface area contributed by atoms with Crippen molar-refractivity contribution in [3.05, 3.63) is 0 Å². The van der Waals surface area contributed by atoms with Crippen molar-refractivity contribution in [1.29, 1.82) is 0 Å². The lowest BCUT2D eigenvalue weighted by Crippen LogP contribution is -2.42. The van der Waals surface area contributed by atoms with Gasteiger partial charge in [-0.1, -0.05) is 90.4 Å². The normalized spacial score (nSPS) is 12.6. The van der Waals surface area contributed by atoms with E-state index in [1.54, 1.807) is 6.92 Å². The lowest BCUT2D eigenvalue weighted by Gasteiger charge is -2.16. The van der Waals surface area contributed by atoms with Gasteiger partial charge in [-0.25, -0.2) is 14.2 Å². The molecule has 0 aromatic heterocycles. The van der Waals surface area contributed by atoms with Crippen LogP contribution < -0.4 is 26.4 Å². The number of carboxylic acids is 4. The largest absolute Gasteiger partial charge is 0.481 e. The van der Waals surface area contributed by atoms with Gasteiger partial charge in [-0.3, -0.25) is 48.2 Å². The molecule has 0 aromatic carbocycles. The van der Waals surface area contributed by atoms with E-state index < -0.39 is 87.0 Å². The maximum absolute atomic E-state index is 12.5. The van der Waals surface area contributed by atoms with E-state index in [-0.39, 0.29) is 141 Å². The molecule has 0 saturated heterocycles. The van der Waals surface area contributed by atoms with Gasteiger partial charge < -0.3 is 60.6 Å². The van der Waals surface area contributed by atoms with Crippen molar-refractivity contribution in [2.45, 2.75) is 199 Å². The minimum absolute atomic E-state index is 0.00293. The van der Waals surface area contributed by atoms with Crippen LogP contribution in [0.3, 0.4) is 0 Å². The minimum Gasteiger partial charge on any atom is -0.481 e. The lowest BCUT2D eigenvalue weighted by molar-refractivity contribution is -0.145. The number of ketones is 2. The van der Waals surface area contributed by atoms with Crippen molar-refractivity contribution in [2.24, 2.45) is 11.8 Å². The van der Waals surface area contributed by atoms with Crippen molar-refractivity contribution < 1.29 is 96.7 Å². The third kappa shape index (κ3) is 46.3. The lowest BCUT2D eigenvalue weighted by atomic mass is 9.97. The number of hydrogen-bond donors (Lipinski definition) is 9. The third-order valence-corrected chi connectivity index (χ3v) is 13.1. The first kappa shape index (κ1) is 74.5. The molecule has 9 N–H and O–H groups in total. The van der Waals surface area contributed by atoms with Crippen LogP contribution in [0, 0.1) is 11.8 Å². The number of nitrogens with one attached hydrogen (secondary N) is 5. The van der Waals surface area contributed by atoms with Crippen molar-refractivity contribution in [3.63, 3.8) is 0 Å². The number of unbranched alkanes of at least 4 members (excludes halogenated alkanes) is 14. The van der Waals surface area contributed by atoms with Crippen LogP contribution in [-0.2, 0) is 76.3 Å². The van der Waals surface area contributed by atoms with Gasteiger partial charge in [0.15, 0.2) is 5.78 Å². The van der Waals surface area contributed by atoms with Gasteiger partial charge in [0.2, 0.25) is 29.5 Å². The van der Waals surface area contributed by atoms with Gasteiger partial charge in [-0.2, -0.15) is 0 Å². The summed E-state index contributed by atoms with van der Waals surface area (Å²) in [5.41, 5.74) is 0. The first-order valence-electron chi connectivity index (χ1n) is 28.3. The van der Waals surface area contributed by atoms with Crippen LogP contribution in [0.15, 0.2) is 0 Å². The molecule has 26 heteroatoms. The van der Waals surface area contributed by atoms with E-state index in [1.807, 2.05) is 0 Å². The summed E-state index contributed by atoms with van der Waals surface area (Å²) in [5.74, 6) is -9.20. The number of carbonyl (C=O) groups is 11. The van der Waals surface area contributed by atoms with E-state index in [1.165, 1.54) is 32.1 Å². The summed E-state index contributed by atoms with van der Waals surface area (Å²) < 4.78 is 31.8. The summed E-state index contributed by atoms with van der Waals surface area (Å²) in [5, 5.41) is 49.6. The van der Waals surface area contributed by atoms with Crippen molar-refractivity contribution in [2.75, 3.05) is 65.9 Å². The number of ether oxygens (including phenoxy) is 4. The van der Waals surface area contributed by atoms with Crippen molar-refractivity contribution in [1.82, 2.24) is 26.4 Å². The van der Waals surface area contributed by atoms with E-state index in [9.17, 15) is 72.6 Å². The Balaban J connectivity index is 3.97. The zero-order valence-electron chi connectivity index (χ0n) is 46.9. The molecule has 0 heterocycles. The van der Waals surface area contributed by atoms with Crippen LogP contribution in [0.5, 0.6) is 0 Å². The molecule has 5 amide bonds. The Hall–Kier alpha value is -5.49. The summed E-state index contributed by atoms with van der Waals surface area (Å²) in [6.45, 7) is 2.21. The minimum atomic E-state index is -1.41. The molecule has 0 bridgehead atoms. The molecule has 0 aliphatic rings. The number of carbonyl (C=O) groups excluding carboxylic acids is 7. The SMILES string of the molecule is C[C@@H](CCCCNC(=O)CC[C@H](NC(=O)CC[C@H](CC(=O)COCCOCCNC(=O)COCCOCCCC(=O)CC[C@H](NC(=O)CCCCCCCCCCCCCCCCC(=O)O)C(=O)O)C(=O)O)C(=O)O)C(=O)NP=O. The van der Waals surface area contributed by atoms with Crippen molar-refractivity contribution >= 4 is 73.6 Å². The molecular formula is C54H92N5O20P. The van der Waals surface area contributed by atoms with Gasteiger partial charge in [-0.05, 0) is 51.4 Å². The Morgan fingerprint density at radius 3 is 1.45 bits per heavy atom. The predicted octanol–water partition coefficient (Wildman–Crippen LogP) is 5.23. The fourth-order valence-corrected chi connectivity index (χ4v) is 8.35. The number of amides is 5. The molecule has 458 valence electrons. The van der Waals surface area contributed by atoms with Gasteiger partial charge in [-0.15, -0.1) is 0 Å². The van der Waals surface area contributed by atoms with Crippen LogP contribution in [0.1, 0.15) is 187 Å². The first-order chi connectivity index (χ1) is 38.4. The molecule has 0 radical (unpaired) electrons. The average Bonchev–Trinajstić information content (AvgIpc) is 3.40. The second-order valence-electron chi connectivity index (χ2n) is 19.8. The molecule has 0 fully saturated rings. The highest BCUT2D eigenvalue weighted by atomic mass is 31.1. The van der Waals surface area contributed by atoms with Gasteiger partial charge >= 0.3 is 23.9 Å². The molecule has 25 nitrogen and oxygen atoms in total. The van der Waals surface area contributed by atoms with Crippen molar-refractivity contribution in [3.8, 4) is 0 Å². The van der Waals surface area contributed by atoms with Gasteiger partial charge in [0.25, 0.3) is 8.61 Å². The fourth-order valence-electron chi connectivity index (χ4n) is 8.04. The van der Waals surface area contributed by atoms with E-state index in [0.717, 1.165) is 51.4 Å². The number of Topliss-reactive ketones (excluding diaryl/α,β-unsaturated/α-hetero) is 2. The molecule has 4 atom stereocenters. The first-order valence-corrected chi connectivity index (χ1v) is 29.2. The van der Waals surface area contributed by atoms with E-state index in [0.29, 0.717) is 32.1 Å². The summed E-state index contributed by atoms with van der Waals surface area (Å²) in [6, 6.07) is -2.55. The number of carboxylic acid groups (broad SMARTS) is 4. The number of rotatable bonds is 57. The van der Waals surface area contributed by atoms with Gasteiger partial charge in [0.05, 0.1) is 39.0 Å². The molecule has 0 aliphatic heterocycles. The second kappa shape index (κ2) is 50.5. The zero-order chi connectivity index (χ0) is 59.6. The summed E-state index contributed by atoms with van der Waals surface area (Å²) in [4.78, 5) is 131. The Morgan fingerprint density at radius 1 is 0.412 bits per heavy atom. The standard InChI is InChI=1S/C54H92N5O20P/c1-40(51(68)59-80-75)19-16-17-29-55-46(62)28-26-45(54(73)74)58-48(64)27-23-41(52(69)70)37-43(61)38-78-35-34-77-32-30-56-49(65)39-79-36-33-76-31-18-20-42(60)24-25-44(53(71)72)57-47(63)21-14-12-10-8-6-4-2-3-5-7-9-11-13-15-22-50(66)67/h40-41,44-45H,2-39H2,1H3,(H,55,62)(H,56,65)(H,57,63)(H,58,64)(H,66,67)(H,69,70)(H,71,72)(H,73,74)(H,59,68,75)/t40-,41+,44-,45-/m0/s1. The topological polar surface area (TPSA) is 383 Å². The quantitative estimate of drug-likeness (QED) is 0.0278. The predicted molar refractivity (Wildman–Crippen MR) is 291 cm³/mol. The van der Waals surface area contributed by atoms with Crippen LogP contribution in [0.4, 0.5) is 0 Å². The molecular weight excluding hydrogens is 1070 g/mol. The summed E-state index contributed by atoms with van der Waals surface area (Å²) in [6.07, 6.45) is 16.1. The monoisotopic (exact) mass is 1160 g/mol. The number of hydrogen-bond acceptors (Lipinski definition) is 16. The summed E-state index contributed by atoms with van der Waals surface area (Å²) in [7, 11) is -0.475. The van der Waals surface area contributed by atoms with E-state index >= 15 is 0 Å². The maximum Gasteiger partial charge on any atom is 0.326 e. The zero-order valence-corrected chi connectivity index (χ0v) is 47.8.